The Labute approximate surface area is 88.8 Å². The highest BCUT2D eigenvalue weighted by atomic mass is 16.2. The third-order valence-corrected chi connectivity index (χ3v) is 1.50. The first-order valence-corrected chi connectivity index (χ1v) is 4.68. The molecule has 0 aromatic heterocycles. The minimum atomic E-state index is -0.598. The molecule has 0 radical (unpaired) electrons. The third-order valence-electron chi connectivity index (χ3n) is 1.50. The summed E-state index contributed by atoms with van der Waals surface area (Å²) in [6.07, 6.45) is 0.867. The fourth-order valence-corrected chi connectivity index (χ4v) is 0.814. The number of aliphatic imine (C=N–C) groups is 2. The van der Waals surface area contributed by atoms with E-state index in [1.807, 2.05) is 6.92 Å². The molecule has 7 heteroatoms. The van der Waals surface area contributed by atoms with Gasteiger partial charge in [-0.3, -0.25) is 4.79 Å². The van der Waals surface area contributed by atoms with Gasteiger partial charge in [0.1, 0.15) is 6.04 Å². The predicted molar refractivity (Wildman–Crippen MR) is 60.2 cm³/mol. The smallest absolute Gasteiger partial charge is 0.244 e. The van der Waals surface area contributed by atoms with Crippen LogP contribution >= 0.6 is 0 Å². The van der Waals surface area contributed by atoms with Gasteiger partial charge >= 0.3 is 0 Å². The van der Waals surface area contributed by atoms with Crippen molar-refractivity contribution in [3.63, 3.8) is 0 Å². The summed E-state index contributed by atoms with van der Waals surface area (Å²) in [4.78, 5) is 18.6. The first-order valence-electron chi connectivity index (χ1n) is 4.68. The van der Waals surface area contributed by atoms with Crippen molar-refractivity contribution in [3.05, 3.63) is 0 Å². The van der Waals surface area contributed by atoms with Crippen molar-refractivity contribution in [1.82, 2.24) is 5.32 Å². The first-order chi connectivity index (χ1) is 6.97. The van der Waals surface area contributed by atoms with E-state index in [9.17, 15) is 4.79 Å². The normalized spacial score (nSPS) is 13.1. The molecule has 1 unspecified atom stereocenters. The quantitative estimate of drug-likeness (QED) is 0.334. The van der Waals surface area contributed by atoms with Gasteiger partial charge in [0.2, 0.25) is 11.9 Å². The molecule has 0 aromatic carbocycles. The van der Waals surface area contributed by atoms with Crippen LogP contribution in [0.1, 0.15) is 20.3 Å². The Bertz CT molecular complexity index is 268. The number of rotatable bonds is 4. The van der Waals surface area contributed by atoms with E-state index in [-0.39, 0.29) is 17.8 Å². The zero-order valence-corrected chi connectivity index (χ0v) is 9.03. The molecular formula is C8H18N6O. The van der Waals surface area contributed by atoms with Crippen LogP contribution in [0.4, 0.5) is 0 Å². The van der Waals surface area contributed by atoms with Crippen molar-refractivity contribution in [2.75, 3.05) is 6.54 Å². The number of carbonyl (C=O) groups excluding carboxylic acids is 1. The van der Waals surface area contributed by atoms with Crippen molar-refractivity contribution in [3.8, 4) is 0 Å². The largest absolute Gasteiger partial charge is 0.370 e. The molecule has 0 aromatic rings. The van der Waals surface area contributed by atoms with Gasteiger partial charge in [0, 0.05) is 6.54 Å². The molecule has 1 amide bonds. The Morgan fingerprint density at radius 1 is 1.40 bits per heavy atom. The van der Waals surface area contributed by atoms with Gasteiger partial charge in [-0.2, -0.15) is 4.99 Å². The number of nitrogens with zero attached hydrogens (tertiary/aromatic N) is 2. The van der Waals surface area contributed by atoms with Gasteiger partial charge in [-0.05, 0) is 13.3 Å². The summed E-state index contributed by atoms with van der Waals surface area (Å²) < 4.78 is 0. The lowest BCUT2D eigenvalue weighted by molar-refractivity contribution is -0.121. The summed E-state index contributed by atoms with van der Waals surface area (Å²) in [6, 6.07) is -0.598. The van der Waals surface area contributed by atoms with Gasteiger partial charge < -0.3 is 22.5 Å². The van der Waals surface area contributed by atoms with Gasteiger partial charge in [-0.1, -0.05) is 6.92 Å². The minimum Gasteiger partial charge on any atom is -0.370 e. The van der Waals surface area contributed by atoms with Crippen LogP contribution in [-0.2, 0) is 4.79 Å². The number of carbonyl (C=O) groups is 1. The average Bonchev–Trinajstić information content (AvgIpc) is 2.12. The monoisotopic (exact) mass is 214 g/mol. The van der Waals surface area contributed by atoms with Gasteiger partial charge in [0.15, 0.2) is 5.96 Å². The van der Waals surface area contributed by atoms with Gasteiger partial charge in [0.25, 0.3) is 0 Å². The molecule has 0 fully saturated rings. The molecule has 0 saturated heterocycles. The molecule has 0 spiro atoms. The van der Waals surface area contributed by atoms with Gasteiger partial charge in [-0.25, -0.2) is 4.99 Å². The molecule has 0 heterocycles. The molecule has 1 atom stereocenters. The van der Waals surface area contributed by atoms with Crippen molar-refractivity contribution < 1.29 is 4.79 Å². The van der Waals surface area contributed by atoms with Crippen LogP contribution in [0.5, 0.6) is 0 Å². The van der Waals surface area contributed by atoms with E-state index in [2.05, 4.69) is 15.3 Å². The summed E-state index contributed by atoms with van der Waals surface area (Å²) >= 11 is 0. The maximum atomic E-state index is 11.3. The molecule has 0 aliphatic rings. The van der Waals surface area contributed by atoms with E-state index in [4.69, 9.17) is 17.2 Å². The second-order valence-corrected chi connectivity index (χ2v) is 2.99. The highest BCUT2D eigenvalue weighted by molar-refractivity contribution is 5.94. The van der Waals surface area contributed by atoms with Crippen LogP contribution in [-0.4, -0.2) is 30.4 Å². The zero-order valence-electron chi connectivity index (χ0n) is 9.03. The Hall–Kier alpha value is -1.79. The summed E-state index contributed by atoms with van der Waals surface area (Å²) in [7, 11) is 0. The topological polar surface area (TPSA) is 132 Å². The number of guanidine groups is 2. The fraction of sp³-hybridized carbons (Fsp3) is 0.625. The predicted octanol–water partition coefficient (Wildman–Crippen LogP) is -1.51. The van der Waals surface area contributed by atoms with Crippen LogP contribution in [0.15, 0.2) is 9.98 Å². The van der Waals surface area contributed by atoms with Gasteiger partial charge in [0.05, 0.1) is 0 Å². The standard InChI is InChI=1S/C8H18N6O/c1-3-4-12-6(15)5(2)13-8(11)14-7(9)10/h5H,3-4H2,1-2H3,(H,12,15)(H6,9,10,11,13,14). The molecule has 0 saturated carbocycles. The molecule has 7 nitrogen and oxygen atoms in total. The zero-order chi connectivity index (χ0) is 11.8. The molecule has 0 rings (SSSR count). The Balaban J connectivity index is 4.27. The number of nitrogens with one attached hydrogen (secondary N) is 1. The number of nitrogens with two attached hydrogens (primary N) is 3. The SMILES string of the molecule is CCCNC(=O)C(C)N=C(N)N=C(N)N. The Kier molecular flexibility index (Phi) is 5.84. The lowest BCUT2D eigenvalue weighted by Crippen LogP contribution is -2.34. The maximum Gasteiger partial charge on any atom is 0.244 e. The second-order valence-electron chi connectivity index (χ2n) is 2.99. The van der Waals surface area contributed by atoms with E-state index < -0.39 is 6.04 Å². The van der Waals surface area contributed by atoms with Crippen molar-refractivity contribution in [2.24, 2.45) is 27.2 Å². The third kappa shape index (κ3) is 6.30. The molecule has 86 valence electrons. The summed E-state index contributed by atoms with van der Waals surface area (Å²) in [5.74, 6) is -0.489. The number of hydrogen-bond acceptors (Lipinski definition) is 2. The highest BCUT2D eigenvalue weighted by Crippen LogP contribution is 1.90. The van der Waals surface area contributed by atoms with E-state index in [0.29, 0.717) is 6.54 Å². The van der Waals surface area contributed by atoms with Crippen LogP contribution < -0.4 is 22.5 Å². The maximum absolute atomic E-state index is 11.3. The summed E-state index contributed by atoms with van der Waals surface area (Å²) in [6.45, 7) is 4.18. The van der Waals surface area contributed by atoms with Crippen LogP contribution in [0, 0.1) is 0 Å². The lowest BCUT2D eigenvalue weighted by Gasteiger charge is -2.07. The van der Waals surface area contributed by atoms with E-state index in [0.717, 1.165) is 6.42 Å². The number of hydrogen-bond donors (Lipinski definition) is 4. The number of amides is 1. The van der Waals surface area contributed by atoms with Crippen LogP contribution in [0.3, 0.4) is 0 Å². The summed E-state index contributed by atoms with van der Waals surface area (Å²) in [5, 5.41) is 2.68. The molecule has 7 N–H and O–H groups in total. The van der Waals surface area contributed by atoms with Crippen molar-refractivity contribution >= 4 is 17.8 Å². The molecule has 0 aliphatic carbocycles. The van der Waals surface area contributed by atoms with Crippen molar-refractivity contribution in [2.45, 2.75) is 26.3 Å². The van der Waals surface area contributed by atoms with Crippen molar-refractivity contribution in [1.29, 1.82) is 0 Å². The first kappa shape index (κ1) is 13.2. The van der Waals surface area contributed by atoms with E-state index in [1.165, 1.54) is 0 Å². The highest BCUT2D eigenvalue weighted by Gasteiger charge is 2.10. The molecule has 0 aliphatic heterocycles. The average molecular weight is 214 g/mol. The van der Waals surface area contributed by atoms with Gasteiger partial charge in [-0.15, -0.1) is 0 Å². The van der Waals surface area contributed by atoms with Crippen LogP contribution in [0.2, 0.25) is 0 Å². The molecular weight excluding hydrogens is 196 g/mol. The lowest BCUT2D eigenvalue weighted by atomic mass is 10.3. The fourth-order valence-electron chi connectivity index (χ4n) is 0.814. The Morgan fingerprint density at radius 2 is 2.00 bits per heavy atom. The second kappa shape index (κ2) is 6.63. The van der Waals surface area contributed by atoms with E-state index in [1.54, 1.807) is 6.92 Å². The molecule has 15 heavy (non-hydrogen) atoms. The summed E-state index contributed by atoms with van der Waals surface area (Å²) in [5.41, 5.74) is 15.5. The van der Waals surface area contributed by atoms with E-state index >= 15 is 0 Å². The minimum absolute atomic E-state index is 0.103. The Morgan fingerprint density at radius 3 is 2.47 bits per heavy atom. The molecule has 0 bridgehead atoms. The van der Waals surface area contributed by atoms with Crippen LogP contribution in [0.25, 0.3) is 0 Å².